The zero-order valence-corrected chi connectivity index (χ0v) is 21.4. The van der Waals surface area contributed by atoms with Gasteiger partial charge in [0.05, 0.1) is 22.3 Å². The number of hydrogen-bond donors (Lipinski definition) is 2. The van der Waals surface area contributed by atoms with Crippen LogP contribution in [0.2, 0.25) is 0 Å². The monoisotopic (exact) mass is 541 g/mol. The highest BCUT2D eigenvalue weighted by Crippen LogP contribution is 2.55. The van der Waals surface area contributed by atoms with Crippen LogP contribution in [0.5, 0.6) is 0 Å². The molecule has 0 aliphatic heterocycles. The topological polar surface area (TPSA) is 128 Å². The smallest absolute Gasteiger partial charge is 0.339 e. The van der Waals surface area contributed by atoms with E-state index in [-0.39, 0.29) is 28.4 Å². The van der Waals surface area contributed by atoms with Gasteiger partial charge in [0.1, 0.15) is 11.5 Å². The molecule has 2 amide bonds. The number of esters is 1. The number of anilines is 1. The largest absolute Gasteiger partial charge is 0.452 e. The van der Waals surface area contributed by atoms with Gasteiger partial charge >= 0.3 is 5.97 Å². The van der Waals surface area contributed by atoms with Gasteiger partial charge in [0.2, 0.25) is 5.91 Å². The summed E-state index contributed by atoms with van der Waals surface area (Å²) in [6, 6.07) is 9.38. The molecular formula is C27H28FN3O6S. The lowest BCUT2D eigenvalue weighted by atomic mass is 9.53. The molecule has 4 aliphatic rings. The molecule has 4 aliphatic carbocycles. The van der Waals surface area contributed by atoms with E-state index in [9.17, 15) is 28.9 Å². The summed E-state index contributed by atoms with van der Waals surface area (Å²) in [6.45, 7) is -0.696. The number of nitrogens with one attached hydrogen (secondary N) is 2. The third-order valence-corrected chi connectivity index (χ3v) is 8.75. The second-order valence-electron chi connectivity index (χ2n) is 10.6. The summed E-state index contributed by atoms with van der Waals surface area (Å²) in [6.07, 6.45) is 7.04. The van der Waals surface area contributed by atoms with Crippen molar-refractivity contribution in [3.63, 3.8) is 0 Å². The van der Waals surface area contributed by atoms with Gasteiger partial charge in [-0.1, -0.05) is 12.1 Å². The number of nitro benzene ring substituents is 1. The number of thioether (sulfide) groups is 1. The predicted octanol–water partition coefficient (Wildman–Crippen LogP) is 4.71. The van der Waals surface area contributed by atoms with E-state index in [1.54, 1.807) is 24.3 Å². The van der Waals surface area contributed by atoms with Gasteiger partial charge in [-0.15, -0.1) is 11.8 Å². The number of carbonyl (C=O) groups excluding carboxylic acids is 3. The number of ether oxygens (including phenoxy) is 1. The Balaban J connectivity index is 1.15. The maximum absolute atomic E-state index is 13.3. The normalized spacial score (nSPS) is 25.0. The van der Waals surface area contributed by atoms with Crippen molar-refractivity contribution in [3.8, 4) is 0 Å². The fourth-order valence-corrected chi connectivity index (χ4v) is 7.50. The van der Waals surface area contributed by atoms with Gasteiger partial charge in [0.25, 0.3) is 11.6 Å². The van der Waals surface area contributed by atoms with Crippen molar-refractivity contribution in [1.82, 2.24) is 5.32 Å². The molecule has 2 N–H and O–H groups in total. The van der Waals surface area contributed by atoms with Gasteiger partial charge in [0, 0.05) is 10.4 Å². The minimum Gasteiger partial charge on any atom is -0.452 e. The van der Waals surface area contributed by atoms with Crippen molar-refractivity contribution in [2.45, 2.75) is 49.0 Å². The third-order valence-electron chi connectivity index (χ3n) is 7.67. The van der Waals surface area contributed by atoms with E-state index >= 15 is 0 Å². The van der Waals surface area contributed by atoms with Crippen LogP contribution in [-0.2, 0) is 14.3 Å². The van der Waals surface area contributed by atoms with Crippen LogP contribution in [0.3, 0.4) is 0 Å². The van der Waals surface area contributed by atoms with Gasteiger partial charge < -0.3 is 15.4 Å². The van der Waals surface area contributed by atoms with E-state index in [1.807, 2.05) is 0 Å². The molecule has 0 spiro atoms. The molecule has 9 nitrogen and oxygen atoms in total. The Kier molecular flexibility index (Phi) is 7.38. The standard InChI is InChI=1S/C27H28FN3O6S/c28-19-5-6-21(22(10-19)31(35)36)29-24(32)14-37-26(34)20-3-1-2-4-23(20)38-15-25(33)30-27-11-16-7-17(12-27)9-18(8-16)13-27/h1-6,10,16-18H,7-9,11-15H2,(H,29,32)(H,30,33). The van der Waals surface area contributed by atoms with Crippen LogP contribution < -0.4 is 10.6 Å². The fraction of sp³-hybridized carbons (Fsp3) is 0.444. The first kappa shape index (κ1) is 26.1. The zero-order chi connectivity index (χ0) is 26.9. The molecule has 4 fully saturated rings. The molecule has 2 aromatic rings. The lowest BCUT2D eigenvalue weighted by Gasteiger charge is -2.56. The van der Waals surface area contributed by atoms with Crippen molar-refractivity contribution < 1.29 is 28.4 Å². The highest BCUT2D eigenvalue weighted by molar-refractivity contribution is 8.00. The van der Waals surface area contributed by atoms with Gasteiger partial charge in [-0.3, -0.25) is 19.7 Å². The first-order valence-electron chi connectivity index (χ1n) is 12.6. The number of halogens is 1. The van der Waals surface area contributed by atoms with Crippen LogP contribution in [0.4, 0.5) is 15.8 Å². The summed E-state index contributed by atoms with van der Waals surface area (Å²) in [5, 5.41) is 16.7. The summed E-state index contributed by atoms with van der Waals surface area (Å²) < 4.78 is 18.4. The summed E-state index contributed by atoms with van der Waals surface area (Å²) in [5.41, 5.74) is -0.699. The van der Waals surface area contributed by atoms with E-state index in [4.69, 9.17) is 4.74 Å². The summed E-state index contributed by atoms with van der Waals surface area (Å²) in [7, 11) is 0. The zero-order valence-electron chi connectivity index (χ0n) is 20.6. The summed E-state index contributed by atoms with van der Waals surface area (Å²) in [4.78, 5) is 48.7. The van der Waals surface area contributed by atoms with Crippen molar-refractivity contribution in [1.29, 1.82) is 0 Å². The molecule has 200 valence electrons. The van der Waals surface area contributed by atoms with E-state index < -0.39 is 34.9 Å². The average molecular weight is 542 g/mol. The molecule has 0 radical (unpaired) electrons. The predicted molar refractivity (Wildman–Crippen MR) is 138 cm³/mol. The molecule has 4 bridgehead atoms. The molecule has 0 saturated heterocycles. The molecule has 0 heterocycles. The molecule has 6 rings (SSSR count). The third kappa shape index (κ3) is 5.82. The van der Waals surface area contributed by atoms with Crippen LogP contribution in [-0.4, -0.2) is 40.6 Å². The van der Waals surface area contributed by atoms with Crippen LogP contribution in [0.25, 0.3) is 0 Å². The van der Waals surface area contributed by atoms with E-state index in [2.05, 4.69) is 10.6 Å². The number of hydrogen-bond acceptors (Lipinski definition) is 7. The molecule has 0 atom stereocenters. The lowest BCUT2D eigenvalue weighted by Crippen LogP contribution is -2.60. The Bertz CT molecular complexity index is 1250. The summed E-state index contributed by atoms with van der Waals surface area (Å²) >= 11 is 1.23. The average Bonchev–Trinajstić information content (AvgIpc) is 2.86. The first-order valence-corrected chi connectivity index (χ1v) is 13.6. The van der Waals surface area contributed by atoms with Crippen molar-refractivity contribution >= 4 is 40.9 Å². The van der Waals surface area contributed by atoms with Crippen molar-refractivity contribution in [3.05, 3.63) is 64.0 Å². The molecule has 38 heavy (non-hydrogen) atoms. The fourth-order valence-electron chi connectivity index (χ4n) is 6.66. The second-order valence-corrected chi connectivity index (χ2v) is 11.6. The quantitative estimate of drug-likeness (QED) is 0.204. The Hall–Kier alpha value is -3.47. The van der Waals surface area contributed by atoms with Crippen LogP contribution in [0, 0.1) is 33.7 Å². The Morgan fingerprint density at radius 2 is 1.68 bits per heavy atom. The van der Waals surface area contributed by atoms with E-state index in [1.165, 1.54) is 31.0 Å². The van der Waals surface area contributed by atoms with Gasteiger partial charge in [-0.05, 0) is 80.5 Å². The molecule has 0 aromatic heterocycles. The van der Waals surface area contributed by atoms with Gasteiger partial charge in [-0.2, -0.15) is 0 Å². The second kappa shape index (κ2) is 10.7. The molecule has 0 unspecified atom stereocenters. The SMILES string of the molecule is O=C(COC(=O)c1ccccc1SCC(=O)NC12CC3CC(CC(C3)C1)C2)Nc1ccc(F)cc1[N+](=O)[O-]. The number of carbonyl (C=O) groups is 3. The minimum atomic E-state index is -0.822. The summed E-state index contributed by atoms with van der Waals surface area (Å²) in [5.74, 6) is -0.141. The van der Waals surface area contributed by atoms with Crippen molar-refractivity contribution in [2.75, 3.05) is 17.7 Å². The number of rotatable bonds is 9. The van der Waals surface area contributed by atoms with Crippen LogP contribution >= 0.6 is 11.8 Å². The Morgan fingerprint density at radius 3 is 2.34 bits per heavy atom. The number of amides is 2. The van der Waals surface area contributed by atoms with Crippen LogP contribution in [0.15, 0.2) is 47.4 Å². The Labute approximate surface area is 223 Å². The van der Waals surface area contributed by atoms with Gasteiger partial charge in [-0.25, -0.2) is 9.18 Å². The highest BCUT2D eigenvalue weighted by atomic mass is 32.2. The van der Waals surface area contributed by atoms with E-state index in [0.717, 1.165) is 49.1 Å². The molecule has 4 saturated carbocycles. The lowest BCUT2D eigenvalue weighted by molar-refractivity contribution is -0.384. The highest BCUT2D eigenvalue weighted by Gasteiger charge is 2.51. The van der Waals surface area contributed by atoms with Gasteiger partial charge in [0.15, 0.2) is 6.61 Å². The van der Waals surface area contributed by atoms with E-state index in [0.29, 0.717) is 11.0 Å². The van der Waals surface area contributed by atoms with Crippen molar-refractivity contribution in [2.24, 2.45) is 17.8 Å². The number of benzene rings is 2. The maximum atomic E-state index is 13.3. The van der Waals surface area contributed by atoms with Crippen LogP contribution in [0.1, 0.15) is 48.9 Å². The Morgan fingerprint density at radius 1 is 1.03 bits per heavy atom. The molecule has 11 heteroatoms. The molecule has 2 aromatic carbocycles. The number of nitrogens with zero attached hydrogens (tertiary/aromatic N) is 1. The first-order chi connectivity index (χ1) is 18.2. The minimum absolute atomic E-state index is 0.0552. The number of nitro groups is 1. The maximum Gasteiger partial charge on any atom is 0.339 e. The molecular weight excluding hydrogens is 513 g/mol.